The summed E-state index contributed by atoms with van der Waals surface area (Å²) in [6.07, 6.45) is 1.70. The summed E-state index contributed by atoms with van der Waals surface area (Å²) in [7, 11) is 0. The molecule has 1 atom stereocenters. The summed E-state index contributed by atoms with van der Waals surface area (Å²) in [6.45, 7) is 5.13. The fraction of sp³-hybridized carbons (Fsp3) is 0.556. The molecular weight excluding hydrogens is 308 g/mol. The Morgan fingerprint density at radius 3 is 2.74 bits per heavy atom. The summed E-state index contributed by atoms with van der Waals surface area (Å²) in [6, 6.07) is 10.0. The van der Waals surface area contributed by atoms with Gasteiger partial charge in [0.2, 0.25) is 11.8 Å². The van der Waals surface area contributed by atoms with E-state index < -0.39 is 0 Å². The van der Waals surface area contributed by atoms with Crippen molar-refractivity contribution in [3.05, 3.63) is 35.9 Å². The Balaban J connectivity index is 1.69. The predicted molar refractivity (Wildman–Crippen MR) is 95.2 cm³/mol. The van der Waals surface area contributed by atoms with Gasteiger partial charge in [0.1, 0.15) is 6.04 Å². The Morgan fingerprint density at radius 2 is 2.04 bits per heavy atom. The Hall–Kier alpha value is -1.49. The second kappa shape index (κ2) is 8.96. The largest absolute Gasteiger partial charge is 0.353 e. The average Bonchev–Trinajstić information content (AvgIpc) is 3.04. The van der Waals surface area contributed by atoms with Gasteiger partial charge in [-0.3, -0.25) is 9.59 Å². The zero-order valence-electron chi connectivity index (χ0n) is 14.0. The van der Waals surface area contributed by atoms with Crippen LogP contribution >= 0.6 is 11.8 Å². The topological polar surface area (TPSA) is 49.4 Å². The molecule has 1 aromatic carbocycles. The van der Waals surface area contributed by atoms with Gasteiger partial charge in [-0.1, -0.05) is 44.2 Å². The molecule has 0 aromatic heterocycles. The molecule has 0 spiro atoms. The molecule has 2 rings (SSSR count). The van der Waals surface area contributed by atoms with Crippen LogP contribution in [0.1, 0.15) is 32.3 Å². The van der Waals surface area contributed by atoms with Gasteiger partial charge < -0.3 is 10.2 Å². The Labute approximate surface area is 143 Å². The van der Waals surface area contributed by atoms with E-state index in [4.69, 9.17) is 0 Å². The minimum absolute atomic E-state index is 0.00295. The van der Waals surface area contributed by atoms with Crippen LogP contribution < -0.4 is 5.32 Å². The number of hydrogen-bond acceptors (Lipinski definition) is 3. The number of benzene rings is 1. The van der Waals surface area contributed by atoms with E-state index in [1.165, 1.54) is 5.56 Å². The van der Waals surface area contributed by atoms with E-state index in [1.807, 2.05) is 43.8 Å². The molecular formula is C18H26N2O2S. The molecule has 1 N–H and O–H groups in total. The lowest BCUT2D eigenvalue weighted by Gasteiger charge is -2.25. The normalized spacial score (nSPS) is 17.5. The van der Waals surface area contributed by atoms with Crippen molar-refractivity contribution >= 4 is 23.6 Å². The number of amides is 2. The highest BCUT2D eigenvalue weighted by Gasteiger charge is 2.34. The van der Waals surface area contributed by atoms with E-state index in [1.54, 1.807) is 4.90 Å². The lowest BCUT2D eigenvalue weighted by molar-refractivity contribution is -0.140. The van der Waals surface area contributed by atoms with Crippen LogP contribution in [0.15, 0.2) is 30.3 Å². The monoisotopic (exact) mass is 334 g/mol. The summed E-state index contributed by atoms with van der Waals surface area (Å²) in [5.41, 5.74) is 1.30. The van der Waals surface area contributed by atoms with Gasteiger partial charge in [-0.15, -0.1) is 0 Å². The van der Waals surface area contributed by atoms with Crippen molar-refractivity contribution in [2.45, 2.75) is 38.5 Å². The molecule has 5 heteroatoms. The van der Waals surface area contributed by atoms with Crippen LogP contribution in [0.4, 0.5) is 0 Å². The van der Waals surface area contributed by atoms with Crippen LogP contribution in [-0.4, -0.2) is 41.6 Å². The van der Waals surface area contributed by atoms with Crippen LogP contribution in [0.25, 0.3) is 0 Å². The molecule has 0 unspecified atom stereocenters. The fourth-order valence-corrected chi connectivity index (χ4v) is 3.58. The second-order valence-electron chi connectivity index (χ2n) is 6.17. The highest BCUT2D eigenvalue weighted by atomic mass is 32.2. The molecule has 1 aliphatic heterocycles. The molecule has 1 fully saturated rings. The number of rotatable bonds is 7. The van der Waals surface area contributed by atoms with Crippen molar-refractivity contribution in [3.8, 4) is 0 Å². The van der Waals surface area contributed by atoms with Gasteiger partial charge in [0, 0.05) is 30.5 Å². The Kier molecular flexibility index (Phi) is 6.96. The molecule has 1 saturated heterocycles. The maximum absolute atomic E-state index is 12.3. The Bertz CT molecular complexity index is 519. The second-order valence-corrected chi connectivity index (χ2v) is 7.28. The van der Waals surface area contributed by atoms with Crippen molar-refractivity contribution in [1.82, 2.24) is 10.2 Å². The molecule has 2 amide bonds. The molecule has 4 nitrogen and oxygen atoms in total. The maximum Gasteiger partial charge on any atom is 0.242 e. The number of hydrogen-bond donors (Lipinski definition) is 1. The molecule has 1 aliphatic rings. The van der Waals surface area contributed by atoms with Crippen molar-refractivity contribution in [1.29, 1.82) is 0 Å². The fourth-order valence-electron chi connectivity index (χ4n) is 2.76. The van der Waals surface area contributed by atoms with E-state index in [2.05, 4.69) is 17.4 Å². The standard InChI is InChI=1S/C18H26N2O2S/c1-14(2)18(22)20-11-6-9-16(20)17(21)19-10-12-23-13-15-7-4-3-5-8-15/h3-5,7-8,14,16H,6,9-13H2,1-2H3,(H,19,21)/t16-/m1/s1. The van der Waals surface area contributed by atoms with Gasteiger partial charge >= 0.3 is 0 Å². The van der Waals surface area contributed by atoms with Crippen LogP contribution in [-0.2, 0) is 15.3 Å². The van der Waals surface area contributed by atoms with Crippen LogP contribution in [0.2, 0.25) is 0 Å². The summed E-state index contributed by atoms with van der Waals surface area (Å²) >= 11 is 1.81. The lowest BCUT2D eigenvalue weighted by atomic mass is 10.1. The summed E-state index contributed by atoms with van der Waals surface area (Å²) in [4.78, 5) is 26.2. The van der Waals surface area contributed by atoms with Crippen molar-refractivity contribution in [2.75, 3.05) is 18.8 Å². The molecule has 1 heterocycles. The first-order chi connectivity index (χ1) is 11.1. The van der Waals surface area contributed by atoms with Crippen LogP contribution in [0.5, 0.6) is 0 Å². The number of nitrogens with one attached hydrogen (secondary N) is 1. The van der Waals surface area contributed by atoms with Crippen LogP contribution in [0.3, 0.4) is 0 Å². The van der Waals surface area contributed by atoms with E-state index in [-0.39, 0.29) is 23.8 Å². The number of carbonyl (C=O) groups is 2. The average molecular weight is 334 g/mol. The summed E-state index contributed by atoms with van der Waals surface area (Å²) < 4.78 is 0. The molecule has 0 saturated carbocycles. The highest BCUT2D eigenvalue weighted by molar-refractivity contribution is 7.98. The Morgan fingerprint density at radius 1 is 1.30 bits per heavy atom. The smallest absolute Gasteiger partial charge is 0.242 e. The van der Waals surface area contributed by atoms with Gasteiger partial charge in [0.15, 0.2) is 0 Å². The van der Waals surface area contributed by atoms with E-state index >= 15 is 0 Å². The van der Waals surface area contributed by atoms with Gasteiger partial charge in [0.05, 0.1) is 0 Å². The molecule has 126 valence electrons. The van der Waals surface area contributed by atoms with E-state index in [0.717, 1.165) is 24.3 Å². The van der Waals surface area contributed by atoms with Crippen LogP contribution in [0, 0.1) is 5.92 Å². The van der Waals surface area contributed by atoms with E-state index in [0.29, 0.717) is 13.1 Å². The molecule has 1 aromatic rings. The zero-order valence-corrected chi connectivity index (χ0v) is 14.8. The third-order valence-electron chi connectivity index (χ3n) is 3.99. The molecule has 23 heavy (non-hydrogen) atoms. The maximum atomic E-state index is 12.3. The first kappa shape index (κ1) is 17.9. The minimum atomic E-state index is -0.274. The van der Waals surface area contributed by atoms with Crippen molar-refractivity contribution in [2.24, 2.45) is 5.92 Å². The van der Waals surface area contributed by atoms with Gasteiger partial charge in [-0.25, -0.2) is 0 Å². The highest BCUT2D eigenvalue weighted by Crippen LogP contribution is 2.20. The molecule has 0 radical (unpaired) electrons. The zero-order chi connectivity index (χ0) is 16.7. The van der Waals surface area contributed by atoms with Crippen molar-refractivity contribution in [3.63, 3.8) is 0 Å². The summed E-state index contributed by atoms with van der Waals surface area (Å²) in [5, 5.41) is 2.98. The predicted octanol–water partition coefficient (Wildman–Crippen LogP) is 2.68. The SMILES string of the molecule is CC(C)C(=O)N1CCC[C@@H]1C(=O)NCCSCc1ccccc1. The number of carbonyl (C=O) groups excluding carboxylic acids is 2. The number of thioether (sulfide) groups is 1. The third kappa shape index (κ3) is 5.27. The molecule has 0 aliphatic carbocycles. The quantitative estimate of drug-likeness (QED) is 0.780. The van der Waals surface area contributed by atoms with Crippen molar-refractivity contribution < 1.29 is 9.59 Å². The minimum Gasteiger partial charge on any atom is -0.353 e. The summed E-state index contributed by atoms with van der Waals surface area (Å²) in [5.74, 6) is 1.87. The van der Waals surface area contributed by atoms with E-state index in [9.17, 15) is 9.59 Å². The van der Waals surface area contributed by atoms with Gasteiger partial charge in [-0.05, 0) is 18.4 Å². The molecule has 0 bridgehead atoms. The number of likely N-dealkylation sites (tertiary alicyclic amines) is 1. The third-order valence-corrected chi connectivity index (χ3v) is 5.02. The number of nitrogens with zero attached hydrogens (tertiary/aromatic N) is 1. The van der Waals surface area contributed by atoms with Gasteiger partial charge in [0.25, 0.3) is 0 Å². The first-order valence-corrected chi connectivity index (χ1v) is 9.45. The first-order valence-electron chi connectivity index (χ1n) is 8.29. The van der Waals surface area contributed by atoms with Gasteiger partial charge in [-0.2, -0.15) is 11.8 Å². The lowest BCUT2D eigenvalue weighted by Crippen LogP contribution is -2.47.